The fourth-order valence-electron chi connectivity index (χ4n) is 4.04. The van der Waals surface area contributed by atoms with Crippen molar-refractivity contribution in [2.75, 3.05) is 17.1 Å². The van der Waals surface area contributed by atoms with Gasteiger partial charge in [-0.2, -0.15) is 0 Å². The Morgan fingerprint density at radius 1 is 1.33 bits per heavy atom. The van der Waals surface area contributed by atoms with Crippen molar-refractivity contribution < 1.29 is 13.2 Å². The number of rotatable bonds is 5. The lowest BCUT2D eigenvalue weighted by Gasteiger charge is -2.27. The number of sulfonamides is 1. The lowest BCUT2D eigenvalue weighted by Crippen LogP contribution is -2.45. The zero-order valence-electron chi connectivity index (χ0n) is 14.0. The first-order chi connectivity index (χ1) is 11.2. The molecule has 2 aliphatic rings. The second kappa shape index (κ2) is 6.56. The van der Waals surface area contributed by atoms with E-state index >= 15 is 0 Å². The van der Waals surface area contributed by atoms with Crippen molar-refractivity contribution in [2.24, 2.45) is 11.8 Å². The van der Waals surface area contributed by atoms with Crippen LogP contribution < -0.4 is 9.62 Å². The van der Waals surface area contributed by atoms with E-state index in [-0.39, 0.29) is 18.5 Å². The van der Waals surface area contributed by atoms with E-state index in [2.05, 4.69) is 5.32 Å². The normalized spacial score (nSPS) is 25.7. The maximum Gasteiger partial charge on any atom is 0.241 e. The second-order valence-electron chi connectivity index (χ2n) is 7.05. The van der Waals surface area contributed by atoms with Crippen LogP contribution in [0.1, 0.15) is 31.2 Å². The van der Waals surface area contributed by atoms with Gasteiger partial charge in [-0.25, -0.2) is 8.42 Å². The van der Waals surface area contributed by atoms with Crippen LogP contribution in [0.15, 0.2) is 18.2 Å². The van der Waals surface area contributed by atoms with E-state index in [9.17, 15) is 13.2 Å². The fraction of sp³-hybridized carbons (Fsp3) is 0.588. The SMILES string of the molecule is Cc1ccc(Cl)cc1N(CC(=O)NC1CC2CCC1C2)S(C)(=O)=O. The molecule has 5 nitrogen and oxygen atoms in total. The van der Waals surface area contributed by atoms with Crippen LogP contribution in [0.25, 0.3) is 0 Å². The van der Waals surface area contributed by atoms with Gasteiger partial charge in [0.05, 0.1) is 11.9 Å². The number of halogens is 1. The van der Waals surface area contributed by atoms with Crippen LogP contribution in [0.2, 0.25) is 5.02 Å². The number of hydrogen-bond acceptors (Lipinski definition) is 3. The summed E-state index contributed by atoms with van der Waals surface area (Å²) in [5.41, 5.74) is 1.21. The number of nitrogens with zero attached hydrogens (tertiary/aromatic N) is 1. The summed E-state index contributed by atoms with van der Waals surface area (Å²) in [6.45, 7) is 1.59. The molecule has 0 saturated heterocycles. The van der Waals surface area contributed by atoms with Crippen molar-refractivity contribution in [1.82, 2.24) is 5.32 Å². The summed E-state index contributed by atoms with van der Waals surface area (Å²) in [5.74, 6) is 1.03. The Morgan fingerprint density at radius 3 is 2.67 bits per heavy atom. The summed E-state index contributed by atoms with van der Waals surface area (Å²) >= 11 is 6.01. The number of fused-ring (bicyclic) bond motifs is 2. The van der Waals surface area contributed by atoms with Crippen molar-refractivity contribution in [3.63, 3.8) is 0 Å². The molecule has 1 aromatic carbocycles. The lowest BCUT2D eigenvalue weighted by atomic mass is 9.95. The number of amides is 1. The number of carbonyl (C=O) groups excluding carboxylic acids is 1. The maximum absolute atomic E-state index is 12.5. The highest BCUT2D eigenvalue weighted by Gasteiger charge is 2.40. The van der Waals surface area contributed by atoms with Crippen LogP contribution >= 0.6 is 11.6 Å². The molecule has 0 radical (unpaired) electrons. The molecule has 2 aliphatic carbocycles. The Balaban J connectivity index is 1.75. The Hall–Kier alpha value is -1.27. The van der Waals surface area contributed by atoms with Gasteiger partial charge in [0, 0.05) is 11.1 Å². The van der Waals surface area contributed by atoms with E-state index in [4.69, 9.17) is 11.6 Å². The maximum atomic E-state index is 12.5. The van der Waals surface area contributed by atoms with E-state index < -0.39 is 10.0 Å². The largest absolute Gasteiger partial charge is 0.352 e. The van der Waals surface area contributed by atoms with Crippen molar-refractivity contribution in [3.8, 4) is 0 Å². The van der Waals surface area contributed by atoms with Gasteiger partial charge in [0.25, 0.3) is 0 Å². The highest BCUT2D eigenvalue weighted by atomic mass is 35.5. The molecule has 0 spiro atoms. The van der Waals surface area contributed by atoms with Gasteiger partial charge in [-0.05, 0) is 55.7 Å². The summed E-state index contributed by atoms with van der Waals surface area (Å²) in [7, 11) is -3.58. The predicted molar refractivity (Wildman–Crippen MR) is 95.8 cm³/mol. The van der Waals surface area contributed by atoms with Crippen LogP contribution in [-0.4, -0.2) is 33.2 Å². The molecular weight excluding hydrogens is 348 g/mol. The van der Waals surface area contributed by atoms with Crippen molar-refractivity contribution in [1.29, 1.82) is 0 Å². The molecule has 1 aromatic rings. The fourth-order valence-corrected chi connectivity index (χ4v) is 5.11. The Kier molecular flexibility index (Phi) is 4.80. The van der Waals surface area contributed by atoms with Crippen LogP contribution in [0.3, 0.4) is 0 Å². The van der Waals surface area contributed by atoms with Crippen molar-refractivity contribution in [3.05, 3.63) is 28.8 Å². The zero-order valence-corrected chi connectivity index (χ0v) is 15.5. The molecule has 0 heterocycles. The number of anilines is 1. The average molecular weight is 371 g/mol. The quantitative estimate of drug-likeness (QED) is 0.866. The van der Waals surface area contributed by atoms with Gasteiger partial charge in [0.2, 0.25) is 15.9 Å². The van der Waals surface area contributed by atoms with E-state index in [1.807, 2.05) is 0 Å². The smallest absolute Gasteiger partial charge is 0.241 e. The van der Waals surface area contributed by atoms with E-state index in [0.717, 1.165) is 28.5 Å². The van der Waals surface area contributed by atoms with Crippen molar-refractivity contribution >= 4 is 33.2 Å². The third kappa shape index (κ3) is 3.70. The van der Waals surface area contributed by atoms with Gasteiger partial charge in [0.15, 0.2) is 0 Å². The zero-order chi connectivity index (χ0) is 17.5. The summed E-state index contributed by atoms with van der Waals surface area (Å²) in [4.78, 5) is 12.5. The lowest BCUT2D eigenvalue weighted by molar-refractivity contribution is -0.120. The molecular formula is C17H23ClN2O3S. The topological polar surface area (TPSA) is 66.5 Å². The van der Waals surface area contributed by atoms with Gasteiger partial charge in [-0.15, -0.1) is 0 Å². The molecule has 3 atom stereocenters. The molecule has 0 aliphatic heterocycles. The van der Waals surface area contributed by atoms with Gasteiger partial charge < -0.3 is 5.32 Å². The molecule has 1 N–H and O–H groups in total. The first-order valence-corrected chi connectivity index (χ1v) is 10.5. The molecule has 0 aromatic heterocycles. The molecule has 1 amide bonds. The number of nitrogens with one attached hydrogen (secondary N) is 1. The second-order valence-corrected chi connectivity index (χ2v) is 9.39. The molecule has 7 heteroatoms. The highest BCUT2D eigenvalue weighted by Crippen LogP contribution is 2.44. The van der Waals surface area contributed by atoms with Gasteiger partial charge in [0.1, 0.15) is 6.54 Å². The molecule has 24 heavy (non-hydrogen) atoms. The Bertz CT molecular complexity index is 750. The van der Waals surface area contributed by atoms with Crippen LogP contribution in [-0.2, 0) is 14.8 Å². The minimum Gasteiger partial charge on any atom is -0.352 e. The monoisotopic (exact) mass is 370 g/mol. The van der Waals surface area contributed by atoms with Gasteiger partial charge in [-0.3, -0.25) is 9.10 Å². The molecule has 2 fully saturated rings. The minimum atomic E-state index is -3.58. The van der Waals surface area contributed by atoms with Gasteiger partial charge >= 0.3 is 0 Å². The van der Waals surface area contributed by atoms with Crippen LogP contribution in [0, 0.1) is 18.8 Å². The van der Waals surface area contributed by atoms with E-state index in [1.165, 1.54) is 19.3 Å². The van der Waals surface area contributed by atoms with Crippen LogP contribution in [0.4, 0.5) is 5.69 Å². The first kappa shape index (κ1) is 17.5. The molecule has 3 unspecified atom stereocenters. The Labute approximate surface area is 148 Å². The average Bonchev–Trinajstić information content (AvgIpc) is 3.09. The molecule has 2 bridgehead atoms. The number of carbonyl (C=O) groups is 1. The minimum absolute atomic E-state index is 0.193. The third-order valence-corrected chi connectivity index (χ3v) is 6.57. The molecule has 132 valence electrons. The highest BCUT2D eigenvalue weighted by molar-refractivity contribution is 7.92. The predicted octanol–water partition coefficient (Wildman–Crippen LogP) is 2.72. The van der Waals surface area contributed by atoms with Crippen molar-refractivity contribution in [2.45, 2.75) is 38.6 Å². The summed E-state index contributed by atoms with van der Waals surface area (Å²) < 4.78 is 25.5. The molecule has 3 rings (SSSR count). The van der Waals surface area contributed by atoms with E-state index in [0.29, 0.717) is 16.6 Å². The first-order valence-electron chi connectivity index (χ1n) is 8.27. The third-order valence-electron chi connectivity index (χ3n) is 5.21. The Morgan fingerprint density at radius 2 is 2.08 bits per heavy atom. The number of hydrogen-bond donors (Lipinski definition) is 1. The summed E-state index contributed by atoms with van der Waals surface area (Å²) in [6, 6.07) is 5.24. The van der Waals surface area contributed by atoms with Gasteiger partial charge in [-0.1, -0.05) is 24.1 Å². The summed E-state index contributed by atoms with van der Waals surface area (Å²) in [5, 5.41) is 3.48. The van der Waals surface area contributed by atoms with E-state index in [1.54, 1.807) is 25.1 Å². The number of benzene rings is 1. The summed E-state index contributed by atoms with van der Waals surface area (Å²) in [6.07, 6.45) is 5.74. The standard InChI is InChI=1S/C17H23ClN2O3S/c1-11-3-6-14(18)9-16(11)20(24(2,22)23)10-17(21)19-15-8-12-4-5-13(15)7-12/h3,6,9,12-13,15H,4-5,7-8,10H2,1-2H3,(H,19,21). The number of aryl methyl sites for hydroxylation is 1. The van der Waals surface area contributed by atoms with Crippen LogP contribution in [0.5, 0.6) is 0 Å². The molecule has 2 saturated carbocycles.